The van der Waals surface area contributed by atoms with Gasteiger partial charge in [0, 0.05) is 31.7 Å². The van der Waals surface area contributed by atoms with Crippen molar-refractivity contribution in [1.29, 1.82) is 0 Å². The van der Waals surface area contributed by atoms with Crippen LogP contribution in [0.3, 0.4) is 0 Å². The number of hydrogen-bond donors (Lipinski definition) is 2. The summed E-state index contributed by atoms with van der Waals surface area (Å²) in [6.45, 7) is 6.83. The molecule has 2 heterocycles. The van der Waals surface area contributed by atoms with E-state index in [9.17, 15) is 0 Å². The van der Waals surface area contributed by atoms with Crippen LogP contribution >= 0.6 is 11.8 Å². The number of thioether (sulfide) groups is 1. The Kier molecular flexibility index (Phi) is 5.27. The smallest absolute Gasteiger partial charge is 0.191 e. The summed E-state index contributed by atoms with van der Waals surface area (Å²) in [6.07, 6.45) is 3.44. The lowest BCUT2D eigenvalue weighted by atomic mass is 10.0. The van der Waals surface area contributed by atoms with E-state index in [1.54, 1.807) is 11.8 Å². The molecule has 0 saturated carbocycles. The van der Waals surface area contributed by atoms with Gasteiger partial charge in [0.15, 0.2) is 5.16 Å². The lowest BCUT2D eigenvalue weighted by Gasteiger charge is -2.16. The summed E-state index contributed by atoms with van der Waals surface area (Å²) in [5.74, 6) is 2.32. The Morgan fingerprint density at radius 1 is 1.37 bits per heavy atom. The minimum Gasteiger partial charge on any atom is -0.378 e. The molecule has 5 nitrogen and oxygen atoms in total. The summed E-state index contributed by atoms with van der Waals surface area (Å²) in [4.78, 5) is 8.89. The maximum atomic E-state index is 5.57. The van der Waals surface area contributed by atoms with E-state index >= 15 is 0 Å². The fourth-order valence-electron chi connectivity index (χ4n) is 2.16. The second-order valence-electron chi connectivity index (χ2n) is 4.66. The van der Waals surface area contributed by atoms with Crippen molar-refractivity contribution >= 4 is 23.4 Å². The first-order chi connectivity index (χ1) is 9.22. The van der Waals surface area contributed by atoms with Crippen molar-refractivity contribution in [2.75, 3.05) is 36.6 Å². The zero-order chi connectivity index (χ0) is 13.7. The Hall–Kier alpha value is -1.01. The molecule has 6 heteroatoms. The third-order valence-corrected chi connectivity index (χ3v) is 3.87. The predicted molar refractivity (Wildman–Crippen MR) is 80.0 cm³/mol. The van der Waals surface area contributed by atoms with E-state index in [1.165, 1.54) is 0 Å². The number of aromatic nitrogens is 2. The number of rotatable bonds is 6. The molecular weight excluding hydrogens is 260 g/mol. The Morgan fingerprint density at radius 2 is 2.11 bits per heavy atom. The SMILES string of the molecule is CCNc1cc(NCC2CCOC2C)nc(SC)n1. The average molecular weight is 282 g/mol. The summed E-state index contributed by atoms with van der Waals surface area (Å²) < 4.78 is 5.57. The molecule has 0 aromatic carbocycles. The van der Waals surface area contributed by atoms with Crippen LogP contribution in [0.25, 0.3) is 0 Å². The van der Waals surface area contributed by atoms with Crippen molar-refractivity contribution in [2.45, 2.75) is 31.5 Å². The van der Waals surface area contributed by atoms with Crippen molar-refractivity contribution < 1.29 is 4.74 Å². The van der Waals surface area contributed by atoms with Crippen LogP contribution in [0.15, 0.2) is 11.2 Å². The maximum absolute atomic E-state index is 5.57. The van der Waals surface area contributed by atoms with Crippen LogP contribution in [-0.4, -0.2) is 42.0 Å². The fraction of sp³-hybridized carbons (Fsp3) is 0.692. The first kappa shape index (κ1) is 14.4. The monoisotopic (exact) mass is 282 g/mol. The van der Waals surface area contributed by atoms with Gasteiger partial charge in [0.25, 0.3) is 0 Å². The second-order valence-corrected chi connectivity index (χ2v) is 5.43. The average Bonchev–Trinajstić information content (AvgIpc) is 2.82. The van der Waals surface area contributed by atoms with E-state index in [2.05, 4.69) is 34.4 Å². The van der Waals surface area contributed by atoms with Crippen LogP contribution in [0.1, 0.15) is 20.3 Å². The molecule has 19 heavy (non-hydrogen) atoms. The number of nitrogens with one attached hydrogen (secondary N) is 2. The van der Waals surface area contributed by atoms with Gasteiger partial charge >= 0.3 is 0 Å². The van der Waals surface area contributed by atoms with Gasteiger partial charge in [0.05, 0.1) is 6.10 Å². The zero-order valence-corrected chi connectivity index (χ0v) is 12.6. The van der Waals surface area contributed by atoms with Gasteiger partial charge in [-0.1, -0.05) is 11.8 Å². The van der Waals surface area contributed by atoms with Crippen molar-refractivity contribution in [2.24, 2.45) is 5.92 Å². The van der Waals surface area contributed by atoms with Crippen LogP contribution < -0.4 is 10.6 Å². The van der Waals surface area contributed by atoms with Gasteiger partial charge in [-0.25, -0.2) is 9.97 Å². The minimum absolute atomic E-state index is 0.336. The summed E-state index contributed by atoms with van der Waals surface area (Å²) in [7, 11) is 0. The molecule has 2 unspecified atom stereocenters. The molecule has 2 N–H and O–H groups in total. The third-order valence-electron chi connectivity index (χ3n) is 3.32. The Bertz CT molecular complexity index is 416. The molecule has 1 saturated heterocycles. The van der Waals surface area contributed by atoms with Crippen molar-refractivity contribution in [3.63, 3.8) is 0 Å². The molecule has 106 valence electrons. The highest BCUT2D eigenvalue weighted by Gasteiger charge is 2.23. The molecule has 2 atom stereocenters. The molecule has 0 spiro atoms. The molecule has 1 aliphatic rings. The van der Waals surface area contributed by atoms with E-state index in [-0.39, 0.29) is 0 Å². The Morgan fingerprint density at radius 3 is 2.68 bits per heavy atom. The maximum Gasteiger partial charge on any atom is 0.191 e. The van der Waals surface area contributed by atoms with Gasteiger partial charge in [0.1, 0.15) is 11.6 Å². The van der Waals surface area contributed by atoms with Crippen LogP contribution in [0, 0.1) is 5.92 Å². The summed E-state index contributed by atoms with van der Waals surface area (Å²) >= 11 is 1.55. The van der Waals surface area contributed by atoms with E-state index in [1.807, 2.05) is 12.3 Å². The van der Waals surface area contributed by atoms with E-state index in [0.717, 1.165) is 42.9 Å². The highest BCUT2D eigenvalue weighted by Crippen LogP contribution is 2.22. The van der Waals surface area contributed by atoms with Gasteiger partial charge in [-0.2, -0.15) is 0 Å². The normalized spacial score (nSPS) is 22.5. The van der Waals surface area contributed by atoms with E-state index in [0.29, 0.717) is 12.0 Å². The second kappa shape index (κ2) is 6.96. The molecule has 1 aromatic rings. The molecule has 1 aliphatic heterocycles. The van der Waals surface area contributed by atoms with Crippen LogP contribution in [-0.2, 0) is 4.74 Å². The zero-order valence-electron chi connectivity index (χ0n) is 11.8. The topological polar surface area (TPSA) is 59.1 Å². The van der Waals surface area contributed by atoms with Gasteiger partial charge in [-0.15, -0.1) is 0 Å². The van der Waals surface area contributed by atoms with Gasteiger partial charge in [-0.05, 0) is 26.5 Å². The van der Waals surface area contributed by atoms with E-state index in [4.69, 9.17) is 4.74 Å². The molecule has 0 radical (unpaired) electrons. The molecule has 0 bridgehead atoms. The Balaban J connectivity index is 2.00. The molecular formula is C13H22N4OS. The lowest BCUT2D eigenvalue weighted by Crippen LogP contribution is -2.21. The standard InChI is InChI=1S/C13H22N4OS/c1-4-14-11-7-12(17-13(16-11)19-3)15-8-10-5-6-18-9(10)2/h7,9-10H,4-6,8H2,1-3H3,(H2,14,15,16,17). The van der Waals surface area contributed by atoms with Crippen LogP contribution in [0.5, 0.6) is 0 Å². The predicted octanol–water partition coefficient (Wildman–Crippen LogP) is 2.47. The first-order valence-electron chi connectivity index (χ1n) is 6.75. The quantitative estimate of drug-likeness (QED) is 0.617. The molecule has 1 fully saturated rings. The number of anilines is 2. The highest BCUT2D eigenvalue weighted by molar-refractivity contribution is 7.98. The molecule has 0 aliphatic carbocycles. The van der Waals surface area contributed by atoms with Gasteiger partial charge in [0.2, 0.25) is 0 Å². The molecule has 0 amide bonds. The number of hydrogen-bond acceptors (Lipinski definition) is 6. The van der Waals surface area contributed by atoms with Crippen LogP contribution in [0.2, 0.25) is 0 Å². The first-order valence-corrected chi connectivity index (χ1v) is 7.97. The van der Waals surface area contributed by atoms with E-state index < -0.39 is 0 Å². The summed E-state index contributed by atoms with van der Waals surface area (Å²) in [5.41, 5.74) is 0. The minimum atomic E-state index is 0.336. The fourth-order valence-corrected chi connectivity index (χ4v) is 2.54. The molecule has 2 rings (SSSR count). The number of nitrogens with zero attached hydrogens (tertiary/aromatic N) is 2. The molecule has 1 aromatic heterocycles. The lowest BCUT2D eigenvalue weighted by molar-refractivity contribution is 0.108. The van der Waals surface area contributed by atoms with Crippen LogP contribution in [0.4, 0.5) is 11.6 Å². The Labute approximate surface area is 118 Å². The van der Waals surface area contributed by atoms with Crippen molar-refractivity contribution in [3.05, 3.63) is 6.07 Å². The highest BCUT2D eigenvalue weighted by atomic mass is 32.2. The van der Waals surface area contributed by atoms with Gasteiger partial charge < -0.3 is 15.4 Å². The third kappa shape index (κ3) is 3.98. The van der Waals surface area contributed by atoms with Crippen molar-refractivity contribution in [3.8, 4) is 0 Å². The van der Waals surface area contributed by atoms with Crippen molar-refractivity contribution in [1.82, 2.24) is 9.97 Å². The summed E-state index contributed by atoms with van der Waals surface area (Å²) in [6, 6.07) is 1.96. The van der Waals surface area contributed by atoms with Gasteiger partial charge in [-0.3, -0.25) is 0 Å². The largest absolute Gasteiger partial charge is 0.378 e. The summed E-state index contributed by atoms with van der Waals surface area (Å²) in [5, 5.41) is 7.42. The number of ether oxygens (including phenoxy) is 1.